The summed E-state index contributed by atoms with van der Waals surface area (Å²) in [6.07, 6.45) is 0. The molecule has 0 aliphatic carbocycles. The number of nitro benzene ring substituents is 1. The van der Waals surface area contributed by atoms with E-state index in [9.17, 15) is 24.5 Å². The smallest absolute Gasteiger partial charge is 0.270 e. The standard InChI is InChI=1S/C18H18N4O5/c1-11-6-7-14(20-12(2)23)9-16(11)21-17(24)10-19-18(25)13-4-3-5-15(8-13)22(26)27/h3-9H,10H2,1-2H3,(H,19,25)(H,20,23)(H,21,24). The molecule has 27 heavy (non-hydrogen) atoms. The highest BCUT2D eigenvalue weighted by Crippen LogP contribution is 2.20. The minimum absolute atomic E-state index is 0.0841. The van der Waals surface area contributed by atoms with Gasteiger partial charge in [-0.05, 0) is 30.7 Å². The van der Waals surface area contributed by atoms with Gasteiger partial charge in [-0.2, -0.15) is 0 Å². The van der Waals surface area contributed by atoms with E-state index >= 15 is 0 Å². The van der Waals surface area contributed by atoms with Gasteiger partial charge in [0.05, 0.1) is 11.5 Å². The first kappa shape index (κ1) is 19.6. The molecule has 0 heterocycles. The summed E-state index contributed by atoms with van der Waals surface area (Å²) in [4.78, 5) is 45.4. The number of aryl methyl sites for hydroxylation is 1. The van der Waals surface area contributed by atoms with Gasteiger partial charge in [0.1, 0.15) is 0 Å². The number of nitro groups is 1. The third-order valence-electron chi connectivity index (χ3n) is 3.56. The maximum atomic E-state index is 12.1. The van der Waals surface area contributed by atoms with Crippen LogP contribution in [0.2, 0.25) is 0 Å². The van der Waals surface area contributed by atoms with Gasteiger partial charge in [0.2, 0.25) is 11.8 Å². The molecule has 0 aliphatic heterocycles. The highest BCUT2D eigenvalue weighted by Gasteiger charge is 2.13. The van der Waals surface area contributed by atoms with Crippen LogP contribution in [0, 0.1) is 17.0 Å². The van der Waals surface area contributed by atoms with Crippen molar-refractivity contribution in [2.45, 2.75) is 13.8 Å². The maximum Gasteiger partial charge on any atom is 0.270 e. The summed E-state index contributed by atoms with van der Waals surface area (Å²) < 4.78 is 0. The third-order valence-corrected chi connectivity index (χ3v) is 3.56. The van der Waals surface area contributed by atoms with E-state index in [0.717, 1.165) is 11.6 Å². The Labute approximate surface area is 154 Å². The van der Waals surface area contributed by atoms with Crippen LogP contribution in [0.1, 0.15) is 22.8 Å². The van der Waals surface area contributed by atoms with E-state index in [1.165, 1.54) is 25.1 Å². The lowest BCUT2D eigenvalue weighted by atomic mass is 10.1. The SMILES string of the molecule is CC(=O)Nc1ccc(C)c(NC(=O)CNC(=O)c2cccc([N+](=O)[O-])c2)c1. The second kappa shape index (κ2) is 8.56. The van der Waals surface area contributed by atoms with E-state index in [-0.39, 0.29) is 23.7 Å². The molecular weight excluding hydrogens is 352 g/mol. The van der Waals surface area contributed by atoms with Crippen LogP contribution < -0.4 is 16.0 Å². The lowest BCUT2D eigenvalue weighted by Crippen LogP contribution is -2.33. The predicted octanol–water partition coefficient (Wildman–Crippen LogP) is 2.23. The van der Waals surface area contributed by atoms with Crippen LogP contribution >= 0.6 is 0 Å². The first-order valence-corrected chi connectivity index (χ1v) is 7.97. The minimum atomic E-state index is -0.603. The summed E-state index contributed by atoms with van der Waals surface area (Å²) in [6, 6.07) is 10.3. The number of nitrogens with one attached hydrogen (secondary N) is 3. The Morgan fingerprint density at radius 3 is 2.48 bits per heavy atom. The Hall–Kier alpha value is -3.75. The summed E-state index contributed by atoms with van der Waals surface area (Å²) in [6.45, 7) is 2.85. The van der Waals surface area contributed by atoms with E-state index in [4.69, 9.17) is 0 Å². The van der Waals surface area contributed by atoms with E-state index < -0.39 is 16.7 Å². The average Bonchev–Trinajstić information content (AvgIpc) is 2.62. The number of hydrogen-bond donors (Lipinski definition) is 3. The molecule has 140 valence electrons. The molecule has 2 rings (SSSR count). The van der Waals surface area contributed by atoms with E-state index in [2.05, 4.69) is 16.0 Å². The van der Waals surface area contributed by atoms with Crippen molar-refractivity contribution >= 4 is 34.8 Å². The van der Waals surface area contributed by atoms with Crippen LogP contribution in [0.25, 0.3) is 0 Å². The zero-order chi connectivity index (χ0) is 20.0. The molecule has 2 aromatic rings. The highest BCUT2D eigenvalue weighted by atomic mass is 16.6. The van der Waals surface area contributed by atoms with Gasteiger partial charge in [-0.15, -0.1) is 0 Å². The van der Waals surface area contributed by atoms with E-state index in [1.54, 1.807) is 25.1 Å². The summed E-state index contributed by atoms with van der Waals surface area (Å²) in [7, 11) is 0. The van der Waals surface area contributed by atoms with Crippen LogP contribution in [0.4, 0.5) is 17.1 Å². The first-order valence-electron chi connectivity index (χ1n) is 7.97. The lowest BCUT2D eigenvalue weighted by Gasteiger charge is -2.11. The van der Waals surface area contributed by atoms with Gasteiger partial charge in [-0.25, -0.2) is 0 Å². The number of amides is 3. The molecule has 2 aromatic carbocycles. The molecule has 9 heteroatoms. The van der Waals surface area contributed by atoms with Crippen molar-refractivity contribution in [3.63, 3.8) is 0 Å². The summed E-state index contributed by atoms with van der Waals surface area (Å²) in [5.74, 6) is -1.31. The van der Waals surface area contributed by atoms with Crippen molar-refractivity contribution < 1.29 is 19.3 Å². The zero-order valence-electron chi connectivity index (χ0n) is 14.7. The molecule has 0 saturated carbocycles. The molecular formula is C18H18N4O5. The number of non-ortho nitro benzene ring substituents is 1. The summed E-state index contributed by atoms with van der Waals surface area (Å²) >= 11 is 0. The number of nitrogens with zero attached hydrogens (tertiary/aromatic N) is 1. The Kier molecular flexibility index (Phi) is 6.21. The van der Waals surface area contributed by atoms with Gasteiger partial charge in [-0.1, -0.05) is 12.1 Å². The van der Waals surface area contributed by atoms with Crippen molar-refractivity contribution in [2.24, 2.45) is 0 Å². The van der Waals surface area contributed by atoms with Crippen LogP contribution in [-0.2, 0) is 9.59 Å². The fourth-order valence-corrected chi connectivity index (χ4v) is 2.26. The third kappa shape index (κ3) is 5.63. The molecule has 0 atom stereocenters. The Morgan fingerprint density at radius 2 is 1.81 bits per heavy atom. The number of hydrogen-bond acceptors (Lipinski definition) is 5. The highest BCUT2D eigenvalue weighted by molar-refractivity contribution is 6.00. The number of anilines is 2. The van der Waals surface area contributed by atoms with Crippen LogP contribution in [-0.4, -0.2) is 29.2 Å². The summed E-state index contributed by atoms with van der Waals surface area (Å²) in [5, 5.41) is 18.4. The fraction of sp³-hybridized carbons (Fsp3) is 0.167. The van der Waals surface area contributed by atoms with E-state index in [1.807, 2.05) is 0 Å². The Bertz CT molecular complexity index is 910. The Balaban J connectivity index is 1.98. The lowest BCUT2D eigenvalue weighted by molar-refractivity contribution is -0.384. The van der Waals surface area contributed by atoms with Gasteiger partial charge in [0, 0.05) is 36.0 Å². The van der Waals surface area contributed by atoms with Gasteiger partial charge in [0.15, 0.2) is 0 Å². The van der Waals surface area contributed by atoms with Crippen LogP contribution in [0.5, 0.6) is 0 Å². The number of benzene rings is 2. The molecule has 3 amide bonds. The molecule has 0 aromatic heterocycles. The normalized spacial score (nSPS) is 10.0. The van der Waals surface area contributed by atoms with Crippen LogP contribution in [0.3, 0.4) is 0 Å². The van der Waals surface area contributed by atoms with Crippen molar-refractivity contribution in [1.29, 1.82) is 0 Å². The van der Waals surface area contributed by atoms with Gasteiger partial charge in [-0.3, -0.25) is 24.5 Å². The molecule has 0 unspecified atom stereocenters. The minimum Gasteiger partial charge on any atom is -0.343 e. The van der Waals surface area contributed by atoms with Gasteiger partial charge >= 0.3 is 0 Å². The van der Waals surface area contributed by atoms with Gasteiger partial charge in [0.25, 0.3) is 11.6 Å². The topological polar surface area (TPSA) is 130 Å². The molecule has 0 saturated heterocycles. The zero-order valence-corrected chi connectivity index (χ0v) is 14.7. The molecule has 0 radical (unpaired) electrons. The first-order chi connectivity index (χ1) is 12.8. The van der Waals surface area contributed by atoms with Crippen molar-refractivity contribution in [1.82, 2.24) is 5.32 Å². The van der Waals surface area contributed by atoms with Crippen molar-refractivity contribution in [3.05, 3.63) is 63.7 Å². The molecule has 0 fully saturated rings. The average molecular weight is 370 g/mol. The number of carbonyl (C=O) groups is 3. The predicted molar refractivity (Wildman–Crippen MR) is 99.5 cm³/mol. The van der Waals surface area contributed by atoms with Crippen LogP contribution in [0.15, 0.2) is 42.5 Å². The molecule has 3 N–H and O–H groups in total. The quantitative estimate of drug-likeness (QED) is 0.530. The monoisotopic (exact) mass is 370 g/mol. The van der Waals surface area contributed by atoms with E-state index in [0.29, 0.717) is 11.4 Å². The molecule has 0 spiro atoms. The van der Waals surface area contributed by atoms with Gasteiger partial charge < -0.3 is 16.0 Å². The van der Waals surface area contributed by atoms with Crippen molar-refractivity contribution in [3.8, 4) is 0 Å². The number of rotatable bonds is 6. The molecule has 0 bridgehead atoms. The molecule has 9 nitrogen and oxygen atoms in total. The molecule has 0 aliphatic rings. The largest absolute Gasteiger partial charge is 0.343 e. The second-order valence-electron chi connectivity index (χ2n) is 5.75. The maximum absolute atomic E-state index is 12.1. The van der Waals surface area contributed by atoms with Crippen molar-refractivity contribution in [2.75, 3.05) is 17.2 Å². The second-order valence-corrected chi connectivity index (χ2v) is 5.75. The number of carbonyl (C=O) groups excluding carboxylic acids is 3. The fourth-order valence-electron chi connectivity index (χ4n) is 2.26. The Morgan fingerprint density at radius 1 is 1.07 bits per heavy atom. The summed E-state index contributed by atoms with van der Waals surface area (Å²) in [5.41, 5.74) is 1.68.